The van der Waals surface area contributed by atoms with Gasteiger partial charge in [-0.3, -0.25) is 9.88 Å². The minimum Gasteiger partial charge on any atom is -0.467 e. The van der Waals surface area contributed by atoms with Crippen LogP contribution in [0.3, 0.4) is 0 Å². The number of nitrogens with zero attached hydrogens (tertiary/aromatic N) is 8. The van der Waals surface area contributed by atoms with E-state index in [4.69, 9.17) is 14.9 Å². The zero-order valence-electron chi connectivity index (χ0n) is 18.9. The number of anilines is 2. The molecule has 0 radical (unpaired) electrons. The number of nitrogen functional groups attached to an aromatic ring is 1. The molecule has 5 aromatic heterocycles. The van der Waals surface area contributed by atoms with E-state index >= 15 is 0 Å². The van der Waals surface area contributed by atoms with Gasteiger partial charge in [0.05, 0.1) is 38.7 Å². The first-order chi connectivity index (χ1) is 17.5. The second-order valence-electron chi connectivity index (χ2n) is 8.37. The summed E-state index contributed by atoms with van der Waals surface area (Å²) in [5, 5.41) is 28.6. The fourth-order valence-corrected chi connectivity index (χ4v) is 4.26. The topological polar surface area (TPSA) is 200 Å². The highest BCUT2D eigenvalue weighted by Gasteiger charge is 2.50. The van der Waals surface area contributed by atoms with E-state index in [0.29, 0.717) is 41.4 Å². The lowest BCUT2D eigenvalue weighted by Crippen LogP contribution is -2.48. The Morgan fingerprint density at radius 2 is 1.92 bits per heavy atom. The Kier molecular flexibility index (Phi) is 5.45. The van der Waals surface area contributed by atoms with Crippen molar-refractivity contribution in [2.45, 2.75) is 31.1 Å². The van der Waals surface area contributed by atoms with E-state index in [2.05, 4.69) is 40.5 Å². The van der Waals surface area contributed by atoms with E-state index in [1.807, 2.05) is 16.7 Å². The van der Waals surface area contributed by atoms with E-state index < -0.39 is 17.9 Å². The van der Waals surface area contributed by atoms with Crippen molar-refractivity contribution in [3.8, 4) is 0 Å². The van der Waals surface area contributed by atoms with Gasteiger partial charge in [-0.1, -0.05) is 0 Å². The van der Waals surface area contributed by atoms with Gasteiger partial charge in [0.1, 0.15) is 41.7 Å². The van der Waals surface area contributed by atoms with Crippen LogP contribution in [0.4, 0.5) is 11.6 Å². The van der Waals surface area contributed by atoms with Gasteiger partial charge in [-0.15, -0.1) is 0 Å². The number of fused-ring (bicyclic) bond motifs is 2. The molecular formula is C21H23N11O4. The lowest BCUT2D eigenvalue weighted by atomic mass is 10.1. The maximum absolute atomic E-state index is 11.2. The Hall–Kier alpha value is -4.18. The van der Waals surface area contributed by atoms with Crippen molar-refractivity contribution >= 4 is 34.0 Å². The van der Waals surface area contributed by atoms with Crippen LogP contribution in [0, 0.1) is 0 Å². The van der Waals surface area contributed by atoms with Gasteiger partial charge in [0.2, 0.25) is 0 Å². The standard InChI is InChI=1S/C21H23N11O4/c22-17-14-20(28-7-25-17)32(11-30-14)21(34)6-36-13(16(21)33)5-23-9-31-10-29-15-18(26-8-27-19(15)31)24-4-12-2-1-3-35-12/h1-3,7-8,10-11,13,16,23,33-34H,4-6,9H2,(H2,22,25,28)(H,24,26,27). The number of nitrogens with two attached hydrogens (primary N) is 1. The molecule has 15 heteroatoms. The Morgan fingerprint density at radius 1 is 1.08 bits per heavy atom. The minimum atomic E-state index is -1.76. The normalized spacial score (nSPS) is 22.1. The average Bonchev–Trinajstić information content (AvgIpc) is 3.68. The lowest BCUT2D eigenvalue weighted by molar-refractivity contribution is -0.107. The van der Waals surface area contributed by atoms with Crippen LogP contribution < -0.4 is 16.4 Å². The molecule has 36 heavy (non-hydrogen) atoms. The van der Waals surface area contributed by atoms with Gasteiger partial charge in [-0.2, -0.15) is 0 Å². The Bertz CT molecular complexity index is 1500. The van der Waals surface area contributed by atoms with E-state index in [-0.39, 0.29) is 19.0 Å². The summed E-state index contributed by atoms with van der Waals surface area (Å²) in [6.07, 6.45) is 5.42. The van der Waals surface area contributed by atoms with E-state index in [1.54, 1.807) is 12.6 Å². The molecule has 0 bridgehead atoms. The largest absolute Gasteiger partial charge is 0.467 e. The Morgan fingerprint density at radius 3 is 2.78 bits per heavy atom. The fraction of sp³-hybridized carbons (Fsp3) is 0.333. The molecule has 3 unspecified atom stereocenters. The predicted molar refractivity (Wildman–Crippen MR) is 125 cm³/mol. The molecule has 186 valence electrons. The first-order valence-electron chi connectivity index (χ1n) is 11.1. The molecule has 15 nitrogen and oxygen atoms in total. The van der Waals surface area contributed by atoms with E-state index in [0.717, 1.165) is 5.76 Å². The summed E-state index contributed by atoms with van der Waals surface area (Å²) in [5.74, 6) is 1.55. The molecule has 0 saturated carbocycles. The number of rotatable bonds is 8. The number of furan rings is 1. The maximum atomic E-state index is 11.2. The van der Waals surface area contributed by atoms with E-state index in [9.17, 15) is 10.2 Å². The molecule has 0 spiro atoms. The first kappa shape index (κ1) is 22.3. The van der Waals surface area contributed by atoms with E-state index in [1.165, 1.54) is 23.5 Å². The van der Waals surface area contributed by atoms with Crippen molar-refractivity contribution in [1.29, 1.82) is 0 Å². The summed E-state index contributed by atoms with van der Waals surface area (Å²) in [6.45, 7) is 0.909. The van der Waals surface area contributed by atoms with Gasteiger partial charge < -0.3 is 35.0 Å². The monoisotopic (exact) mass is 493 g/mol. The molecule has 6 heterocycles. The van der Waals surface area contributed by atoms with Crippen LogP contribution in [0.2, 0.25) is 0 Å². The number of nitrogens with one attached hydrogen (secondary N) is 2. The van der Waals surface area contributed by atoms with Gasteiger partial charge in [0, 0.05) is 6.54 Å². The molecule has 0 aliphatic carbocycles. The maximum Gasteiger partial charge on any atom is 0.197 e. The number of imidazole rings is 2. The zero-order chi connectivity index (χ0) is 24.7. The second kappa shape index (κ2) is 8.80. The van der Waals surface area contributed by atoms with Gasteiger partial charge in [-0.25, -0.2) is 29.9 Å². The molecule has 1 aliphatic rings. The van der Waals surface area contributed by atoms with Crippen molar-refractivity contribution < 1.29 is 19.4 Å². The average molecular weight is 493 g/mol. The molecule has 1 fully saturated rings. The predicted octanol–water partition coefficient (Wildman–Crippen LogP) is -0.595. The SMILES string of the molecule is Nc1ncnc2c1ncn2C1(O)COC(CNCn2cnc3c(NCc4ccco4)ncnc32)C1O. The van der Waals surface area contributed by atoms with Crippen LogP contribution >= 0.6 is 0 Å². The van der Waals surface area contributed by atoms with Crippen LogP contribution in [0.1, 0.15) is 5.76 Å². The van der Waals surface area contributed by atoms with Gasteiger partial charge in [0.15, 0.2) is 28.7 Å². The van der Waals surface area contributed by atoms with Crippen molar-refractivity contribution in [3.05, 3.63) is 49.5 Å². The zero-order valence-corrected chi connectivity index (χ0v) is 18.9. The third kappa shape index (κ3) is 3.70. The molecule has 0 aromatic carbocycles. The number of hydrogen-bond acceptors (Lipinski definition) is 13. The Balaban J connectivity index is 1.12. The van der Waals surface area contributed by atoms with Crippen LogP contribution in [0.5, 0.6) is 0 Å². The smallest absolute Gasteiger partial charge is 0.197 e. The molecule has 0 amide bonds. The number of aromatic nitrogens is 8. The molecule has 5 aromatic rings. The molecule has 3 atom stereocenters. The van der Waals surface area contributed by atoms with Crippen molar-refractivity contribution in [3.63, 3.8) is 0 Å². The van der Waals surface area contributed by atoms with Gasteiger partial charge >= 0.3 is 0 Å². The van der Waals surface area contributed by atoms with Gasteiger partial charge in [-0.05, 0) is 12.1 Å². The Labute approximate surface area is 203 Å². The number of hydrogen-bond donors (Lipinski definition) is 5. The first-order valence-corrected chi connectivity index (χ1v) is 11.1. The van der Waals surface area contributed by atoms with Crippen molar-refractivity contribution in [2.75, 3.05) is 24.2 Å². The van der Waals surface area contributed by atoms with Gasteiger partial charge in [0.25, 0.3) is 0 Å². The molecular weight excluding hydrogens is 470 g/mol. The molecule has 6 N–H and O–H groups in total. The summed E-state index contributed by atoms with van der Waals surface area (Å²) >= 11 is 0. The third-order valence-corrected chi connectivity index (χ3v) is 6.15. The highest BCUT2D eigenvalue weighted by Crippen LogP contribution is 2.32. The third-order valence-electron chi connectivity index (χ3n) is 6.15. The summed E-state index contributed by atoms with van der Waals surface area (Å²) in [5.41, 5.74) is 5.97. The van der Waals surface area contributed by atoms with Crippen LogP contribution in [-0.4, -0.2) is 74.6 Å². The molecule has 1 saturated heterocycles. The summed E-state index contributed by atoms with van der Waals surface area (Å²) in [6, 6.07) is 3.69. The fourth-order valence-electron chi connectivity index (χ4n) is 4.26. The summed E-state index contributed by atoms with van der Waals surface area (Å²) in [4.78, 5) is 25.2. The summed E-state index contributed by atoms with van der Waals surface area (Å²) < 4.78 is 14.2. The number of aliphatic hydroxyl groups excluding tert-OH is 1. The van der Waals surface area contributed by atoms with Crippen LogP contribution in [0.15, 0.2) is 48.1 Å². The van der Waals surface area contributed by atoms with Crippen LogP contribution in [-0.2, 0) is 23.7 Å². The van der Waals surface area contributed by atoms with Crippen molar-refractivity contribution in [1.82, 2.24) is 44.4 Å². The second-order valence-corrected chi connectivity index (χ2v) is 8.37. The highest BCUT2D eigenvalue weighted by atomic mass is 16.5. The molecule has 1 aliphatic heterocycles. The quantitative estimate of drug-likeness (QED) is 0.184. The minimum absolute atomic E-state index is 0.151. The number of ether oxygens (including phenoxy) is 1. The number of aliphatic hydroxyl groups is 2. The highest BCUT2D eigenvalue weighted by molar-refractivity contribution is 5.82. The molecule has 6 rings (SSSR count). The van der Waals surface area contributed by atoms with Crippen LogP contribution in [0.25, 0.3) is 22.3 Å². The lowest BCUT2D eigenvalue weighted by Gasteiger charge is -2.28. The summed E-state index contributed by atoms with van der Waals surface area (Å²) in [7, 11) is 0. The van der Waals surface area contributed by atoms with Crippen molar-refractivity contribution in [2.24, 2.45) is 0 Å².